The summed E-state index contributed by atoms with van der Waals surface area (Å²) >= 11 is 3.19. The Bertz CT molecular complexity index is 716. The number of amides is 1. The first-order valence-corrected chi connectivity index (χ1v) is 8.61. The molecule has 0 saturated carbocycles. The molecule has 0 fully saturated rings. The molecule has 0 spiro atoms. The fourth-order valence-electron chi connectivity index (χ4n) is 1.65. The van der Waals surface area contributed by atoms with Gasteiger partial charge in [0.2, 0.25) is 5.91 Å². The highest BCUT2D eigenvalue weighted by Crippen LogP contribution is 2.13. The number of carbonyl (C=O) groups is 1. The lowest BCUT2D eigenvalue weighted by molar-refractivity contribution is -0.115. The van der Waals surface area contributed by atoms with Crippen LogP contribution in [0.1, 0.15) is 6.42 Å². The number of aromatic nitrogens is 1. The van der Waals surface area contributed by atoms with Crippen molar-refractivity contribution in [2.75, 3.05) is 11.1 Å². The van der Waals surface area contributed by atoms with E-state index in [-0.39, 0.29) is 23.0 Å². The van der Waals surface area contributed by atoms with E-state index in [9.17, 15) is 13.2 Å². The molecule has 5 nitrogen and oxygen atoms in total. The SMILES string of the molecule is O=C(CCS(=O)(=O)c1ccccc1)Nc1ccc(Br)nc1. The lowest BCUT2D eigenvalue weighted by Gasteiger charge is -2.06. The summed E-state index contributed by atoms with van der Waals surface area (Å²) in [6, 6.07) is 11.5. The van der Waals surface area contributed by atoms with E-state index in [1.807, 2.05) is 0 Å². The number of nitrogens with one attached hydrogen (secondary N) is 1. The first-order valence-electron chi connectivity index (χ1n) is 6.16. The number of carbonyl (C=O) groups excluding carboxylic acids is 1. The van der Waals surface area contributed by atoms with E-state index in [1.165, 1.54) is 18.3 Å². The molecule has 0 atom stereocenters. The Morgan fingerprint density at radius 3 is 2.48 bits per heavy atom. The van der Waals surface area contributed by atoms with E-state index in [0.717, 1.165) is 0 Å². The second-order valence-corrected chi connectivity index (χ2v) is 7.22. The van der Waals surface area contributed by atoms with Crippen molar-refractivity contribution in [1.82, 2.24) is 4.98 Å². The lowest BCUT2D eigenvalue weighted by atomic mass is 10.4. The highest BCUT2D eigenvalue weighted by atomic mass is 79.9. The maximum Gasteiger partial charge on any atom is 0.225 e. The first kappa shape index (κ1) is 15.7. The van der Waals surface area contributed by atoms with Crippen LogP contribution < -0.4 is 5.32 Å². The van der Waals surface area contributed by atoms with E-state index in [2.05, 4.69) is 26.2 Å². The topological polar surface area (TPSA) is 76.1 Å². The van der Waals surface area contributed by atoms with E-state index in [0.29, 0.717) is 10.3 Å². The zero-order valence-electron chi connectivity index (χ0n) is 11.0. The molecule has 0 saturated heterocycles. The van der Waals surface area contributed by atoms with E-state index in [1.54, 1.807) is 30.3 Å². The standard InChI is InChI=1S/C14H13BrN2O3S/c15-13-7-6-11(10-16-13)17-14(18)8-9-21(19,20)12-4-2-1-3-5-12/h1-7,10H,8-9H2,(H,17,18). The van der Waals surface area contributed by atoms with Crippen molar-refractivity contribution in [2.45, 2.75) is 11.3 Å². The molecule has 1 N–H and O–H groups in total. The highest BCUT2D eigenvalue weighted by Gasteiger charge is 2.16. The molecule has 0 aliphatic rings. The van der Waals surface area contributed by atoms with Gasteiger partial charge in [-0.1, -0.05) is 18.2 Å². The summed E-state index contributed by atoms with van der Waals surface area (Å²) in [6.07, 6.45) is 1.39. The van der Waals surface area contributed by atoms with Gasteiger partial charge in [-0.25, -0.2) is 13.4 Å². The fourth-order valence-corrected chi connectivity index (χ4v) is 3.14. The predicted octanol–water partition coefficient (Wildman–Crippen LogP) is 2.65. The monoisotopic (exact) mass is 368 g/mol. The van der Waals surface area contributed by atoms with Crippen LogP contribution in [0.25, 0.3) is 0 Å². The number of pyridine rings is 1. The largest absolute Gasteiger partial charge is 0.325 e. The Morgan fingerprint density at radius 1 is 1.14 bits per heavy atom. The molecule has 1 amide bonds. The molecule has 0 aliphatic carbocycles. The van der Waals surface area contributed by atoms with Crippen LogP contribution in [0, 0.1) is 0 Å². The third-order valence-corrected chi connectivity index (χ3v) is 4.91. The molecular formula is C14H13BrN2O3S. The van der Waals surface area contributed by atoms with Gasteiger partial charge in [-0.2, -0.15) is 0 Å². The Kier molecular flexibility index (Phi) is 5.08. The van der Waals surface area contributed by atoms with Gasteiger partial charge in [0.05, 0.1) is 22.5 Å². The molecular weight excluding hydrogens is 356 g/mol. The fraction of sp³-hybridized carbons (Fsp3) is 0.143. The number of hydrogen-bond acceptors (Lipinski definition) is 4. The zero-order valence-corrected chi connectivity index (χ0v) is 13.4. The third kappa shape index (κ3) is 4.64. The van der Waals surface area contributed by atoms with Crippen molar-refractivity contribution in [2.24, 2.45) is 0 Å². The minimum absolute atomic E-state index is 0.104. The lowest BCUT2D eigenvalue weighted by Crippen LogP contribution is -2.17. The summed E-state index contributed by atoms with van der Waals surface area (Å²) in [5.41, 5.74) is 0.528. The second kappa shape index (κ2) is 6.82. The Balaban J connectivity index is 1.93. The van der Waals surface area contributed by atoms with E-state index in [4.69, 9.17) is 0 Å². The van der Waals surface area contributed by atoms with Gasteiger partial charge in [-0.3, -0.25) is 4.79 Å². The van der Waals surface area contributed by atoms with Crippen molar-refractivity contribution in [1.29, 1.82) is 0 Å². The van der Waals surface area contributed by atoms with E-state index >= 15 is 0 Å². The summed E-state index contributed by atoms with van der Waals surface area (Å²) in [6.45, 7) is 0. The number of anilines is 1. The molecule has 0 bridgehead atoms. The third-order valence-electron chi connectivity index (χ3n) is 2.71. The maximum absolute atomic E-state index is 12.0. The molecule has 21 heavy (non-hydrogen) atoms. The molecule has 1 aromatic carbocycles. The van der Waals surface area contributed by atoms with Gasteiger partial charge in [-0.15, -0.1) is 0 Å². The average Bonchev–Trinajstić information content (AvgIpc) is 2.49. The van der Waals surface area contributed by atoms with Gasteiger partial charge in [0, 0.05) is 6.42 Å². The van der Waals surface area contributed by atoms with Crippen LogP contribution in [-0.4, -0.2) is 25.1 Å². The molecule has 7 heteroatoms. The quantitative estimate of drug-likeness (QED) is 0.823. The van der Waals surface area contributed by atoms with Crippen molar-refractivity contribution < 1.29 is 13.2 Å². The summed E-state index contributed by atoms with van der Waals surface area (Å²) in [5.74, 6) is -0.592. The molecule has 0 radical (unpaired) electrons. The number of nitrogens with zero attached hydrogens (tertiary/aromatic N) is 1. The summed E-state index contributed by atoms with van der Waals surface area (Å²) < 4.78 is 24.7. The van der Waals surface area contributed by atoms with Crippen LogP contribution in [0.3, 0.4) is 0 Å². The molecule has 0 unspecified atom stereocenters. The second-order valence-electron chi connectivity index (χ2n) is 4.30. The molecule has 1 aromatic heterocycles. The van der Waals surface area contributed by atoms with Crippen molar-refractivity contribution in [3.63, 3.8) is 0 Å². The molecule has 0 aliphatic heterocycles. The Hall–Kier alpha value is -1.73. The average molecular weight is 369 g/mol. The Labute approximate surface area is 131 Å². The number of sulfone groups is 1. The summed E-state index contributed by atoms with van der Waals surface area (Å²) in [5, 5.41) is 2.61. The number of halogens is 1. The van der Waals surface area contributed by atoms with Gasteiger partial charge in [-0.05, 0) is 40.2 Å². The van der Waals surface area contributed by atoms with E-state index < -0.39 is 9.84 Å². The number of rotatable bonds is 5. The van der Waals surface area contributed by atoms with Crippen LogP contribution in [0.2, 0.25) is 0 Å². The van der Waals surface area contributed by atoms with Gasteiger partial charge in [0.25, 0.3) is 0 Å². The predicted molar refractivity (Wildman–Crippen MR) is 83.7 cm³/mol. The molecule has 2 aromatic rings. The molecule has 1 heterocycles. The van der Waals surface area contributed by atoms with Crippen molar-refractivity contribution >= 4 is 37.4 Å². The van der Waals surface area contributed by atoms with Gasteiger partial charge >= 0.3 is 0 Å². The maximum atomic E-state index is 12.0. The Morgan fingerprint density at radius 2 is 1.86 bits per heavy atom. The first-order chi connectivity index (χ1) is 9.97. The molecule has 110 valence electrons. The molecule has 2 rings (SSSR count). The van der Waals surface area contributed by atoms with Gasteiger partial charge < -0.3 is 5.32 Å². The smallest absolute Gasteiger partial charge is 0.225 e. The number of benzene rings is 1. The zero-order chi connectivity index (χ0) is 15.3. The van der Waals surface area contributed by atoms with Gasteiger partial charge in [0.15, 0.2) is 9.84 Å². The minimum atomic E-state index is -3.44. The van der Waals surface area contributed by atoms with Crippen molar-refractivity contribution in [3.05, 3.63) is 53.3 Å². The highest BCUT2D eigenvalue weighted by molar-refractivity contribution is 9.10. The van der Waals surface area contributed by atoms with Crippen LogP contribution in [0.15, 0.2) is 58.2 Å². The number of hydrogen-bond donors (Lipinski definition) is 1. The van der Waals surface area contributed by atoms with Gasteiger partial charge in [0.1, 0.15) is 4.60 Å². The minimum Gasteiger partial charge on any atom is -0.325 e. The summed E-state index contributed by atoms with van der Waals surface area (Å²) in [7, 11) is -3.44. The van der Waals surface area contributed by atoms with Crippen molar-refractivity contribution in [3.8, 4) is 0 Å². The van der Waals surface area contributed by atoms with Crippen LogP contribution in [0.5, 0.6) is 0 Å². The van der Waals surface area contributed by atoms with Crippen LogP contribution in [-0.2, 0) is 14.6 Å². The van der Waals surface area contributed by atoms with Crippen LogP contribution in [0.4, 0.5) is 5.69 Å². The normalized spacial score (nSPS) is 11.1. The summed E-state index contributed by atoms with van der Waals surface area (Å²) in [4.78, 5) is 16.0. The van der Waals surface area contributed by atoms with Crippen LogP contribution >= 0.6 is 15.9 Å².